The summed E-state index contributed by atoms with van der Waals surface area (Å²) in [4.78, 5) is 45.4. The summed E-state index contributed by atoms with van der Waals surface area (Å²) in [5.74, 6) is -1.63. The van der Waals surface area contributed by atoms with Crippen LogP contribution in [0.1, 0.15) is 50.3 Å². The van der Waals surface area contributed by atoms with Crippen LogP contribution in [0.5, 0.6) is 5.75 Å². The SMILES string of the molecule is CNC(=O)c1ccc(-n2c(COc3ccccc3F)nc3c(c2=O)CC(C)N(C(=O)c2ccc(Cl)c(C(F)(F)F)c2)C3)cc1. The summed E-state index contributed by atoms with van der Waals surface area (Å²) in [5.41, 5.74) is -0.541. The normalized spacial score (nSPS) is 14.6. The molecule has 0 bridgehead atoms. The van der Waals surface area contributed by atoms with Gasteiger partial charge >= 0.3 is 6.18 Å². The molecule has 0 radical (unpaired) electrons. The number of alkyl halides is 3. The molecule has 1 unspecified atom stereocenters. The first kappa shape index (κ1) is 30.7. The highest BCUT2D eigenvalue weighted by molar-refractivity contribution is 6.31. The number of hydrogen-bond donors (Lipinski definition) is 1. The first-order valence-corrected chi connectivity index (χ1v) is 13.8. The molecular weight excluding hydrogens is 604 g/mol. The summed E-state index contributed by atoms with van der Waals surface area (Å²) in [5, 5.41) is 1.99. The van der Waals surface area contributed by atoms with Crippen LogP contribution in [0.25, 0.3) is 5.69 Å². The third kappa shape index (κ3) is 6.02. The number of carbonyl (C=O) groups is 2. The van der Waals surface area contributed by atoms with Crippen molar-refractivity contribution in [3.05, 3.63) is 122 Å². The fourth-order valence-corrected chi connectivity index (χ4v) is 5.22. The van der Waals surface area contributed by atoms with Crippen LogP contribution in [0.2, 0.25) is 5.02 Å². The number of para-hydroxylation sites is 1. The fraction of sp³-hybridized carbons (Fsp3) is 0.226. The van der Waals surface area contributed by atoms with Crippen molar-refractivity contribution in [3.8, 4) is 11.4 Å². The molecular formula is C31H25ClF4N4O4. The van der Waals surface area contributed by atoms with Crippen molar-refractivity contribution in [2.45, 2.75) is 38.7 Å². The van der Waals surface area contributed by atoms with E-state index in [9.17, 15) is 31.9 Å². The zero-order chi connectivity index (χ0) is 31.8. The number of carbonyl (C=O) groups excluding carboxylic acids is 2. The number of amides is 2. The smallest absolute Gasteiger partial charge is 0.417 e. The van der Waals surface area contributed by atoms with E-state index in [0.717, 1.165) is 6.07 Å². The lowest BCUT2D eigenvalue weighted by molar-refractivity contribution is -0.137. The van der Waals surface area contributed by atoms with Crippen LogP contribution in [0.3, 0.4) is 0 Å². The summed E-state index contributed by atoms with van der Waals surface area (Å²) >= 11 is 5.74. The Morgan fingerprint density at radius 2 is 1.75 bits per heavy atom. The van der Waals surface area contributed by atoms with Gasteiger partial charge in [0.15, 0.2) is 17.4 Å². The maximum absolute atomic E-state index is 14.3. The van der Waals surface area contributed by atoms with E-state index in [0.29, 0.717) is 22.9 Å². The number of rotatable bonds is 6. The van der Waals surface area contributed by atoms with Gasteiger partial charge in [0.2, 0.25) is 0 Å². The van der Waals surface area contributed by atoms with E-state index in [2.05, 4.69) is 10.3 Å². The highest BCUT2D eigenvalue weighted by Crippen LogP contribution is 2.36. The molecule has 2 heterocycles. The number of nitrogens with zero attached hydrogens (tertiary/aromatic N) is 3. The lowest BCUT2D eigenvalue weighted by atomic mass is 9.98. The summed E-state index contributed by atoms with van der Waals surface area (Å²) in [6, 6.07) is 14.3. The molecule has 3 aromatic carbocycles. The van der Waals surface area contributed by atoms with Crippen LogP contribution in [-0.4, -0.2) is 39.4 Å². The van der Waals surface area contributed by atoms with Gasteiger partial charge < -0.3 is 15.0 Å². The monoisotopic (exact) mass is 628 g/mol. The maximum Gasteiger partial charge on any atom is 0.417 e. The zero-order valence-electron chi connectivity index (χ0n) is 23.4. The van der Waals surface area contributed by atoms with Gasteiger partial charge in [-0.25, -0.2) is 9.37 Å². The highest BCUT2D eigenvalue weighted by atomic mass is 35.5. The molecule has 8 nitrogen and oxygen atoms in total. The van der Waals surface area contributed by atoms with Gasteiger partial charge in [0.25, 0.3) is 17.4 Å². The predicted octanol–water partition coefficient (Wildman–Crippen LogP) is 5.57. The van der Waals surface area contributed by atoms with Crippen LogP contribution in [0, 0.1) is 5.82 Å². The third-order valence-corrected chi connectivity index (χ3v) is 7.60. The van der Waals surface area contributed by atoms with Gasteiger partial charge in [0.1, 0.15) is 6.61 Å². The van der Waals surface area contributed by atoms with Crippen molar-refractivity contribution in [1.82, 2.24) is 19.8 Å². The topological polar surface area (TPSA) is 93.5 Å². The average Bonchev–Trinajstić information content (AvgIpc) is 3.00. The number of hydrogen-bond acceptors (Lipinski definition) is 5. The molecule has 44 heavy (non-hydrogen) atoms. The van der Waals surface area contributed by atoms with E-state index in [1.807, 2.05) is 0 Å². The first-order valence-electron chi connectivity index (χ1n) is 13.4. The Kier molecular flexibility index (Phi) is 8.46. The van der Waals surface area contributed by atoms with Gasteiger partial charge in [-0.05, 0) is 67.9 Å². The number of nitrogens with one attached hydrogen (secondary N) is 1. The minimum absolute atomic E-state index is 0.0669. The van der Waals surface area contributed by atoms with E-state index in [1.54, 1.807) is 25.1 Å². The van der Waals surface area contributed by atoms with Crippen LogP contribution in [0.15, 0.2) is 71.5 Å². The molecule has 1 aliphatic heterocycles. The molecule has 1 atom stereocenters. The van der Waals surface area contributed by atoms with Gasteiger partial charge in [-0.15, -0.1) is 0 Å². The van der Waals surface area contributed by atoms with E-state index < -0.39 is 40.1 Å². The first-order chi connectivity index (χ1) is 20.9. The van der Waals surface area contributed by atoms with Gasteiger partial charge in [-0.2, -0.15) is 13.2 Å². The molecule has 4 aromatic rings. The lowest BCUT2D eigenvalue weighted by Gasteiger charge is -2.34. The van der Waals surface area contributed by atoms with Gasteiger partial charge in [0, 0.05) is 29.8 Å². The summed E-state index contributed by atoms with van der Waals surface area (Å²) in [6.45, 7) is 1.17. The Bertz CT molecular complexity index is 1810. The minimum Gasteiger partial charge on any atom is -0.483 e. The zero-order valence-corrected chi connectivity index (χ0v) is 24.2. The van der Waals surface area contributed by atoms with E-state index in [1.165, 1.54) is 52.9 Å². The molecule has 1 N–H and O–H groups in total. The second-order valence-corrected chi connectivity index (χ2v) is 10.5. The van der Waals surface area contributed by atoms with E-state index in [4.69, 9.17) is 16.3 Å². The molecule has 0 aliphatic carbocycles. The number of fused-ring (bicyclic) bond motifs is 1. The van der Waals surface area contributed by atoms with Crippen LogP contribution in [0.4, 0.5) is 17.6 Å². The molecule has 5 rings (SSSR count). The summed E-state index contributed by atoms with van der Waals surface area (Å²) in [6.07, 6.45) is -4.69. The lowest BCUT2D eigenvalue weighted by Crippen LogP contribution is -2.46. The molecule has 0 fully saturated rings. The molecule has 1 aliphatic rings. The second kappa shape index (κ2) is 12.1. The Morgan fingerprint density at radius 3 is 2.41 bits per heavy atom. The molecule has 13 heteroatoms. The molecule has 0 saturated heterocycles. The standard InChI is InChI=1S/C31H25ClF4N4O4/c1-17-13-21-25(15-39(17)29(42)19-9-12-23(32)22(14-19)31(34,35)36)38-27(16-44-26-6-4-3-5-24(26)33)40(30(21)43)20-10-7-18(8-11-20)28(41)37-2/h3-12,14,17H,13,15-16H2,1-2H3,(H,37,41). The van der Waals surface area contributed by atoms with Gasteiger partial charge in [0.05, 0.1) is 28.5 Å². The Morgan fingerprint density at radius 1 is 1.07 bits per heavy atom. The maximum atomic E-state index is 14.3. The molecule has 0 spiro atoms. The average molecular weight is 629 g/mol. The van der Waals surface area contributed by atoms with Crippen molar-refractivity contribution in [2.75, 3.05) is 7.05 Å². The second-order valence-electron chi connectivity index (χ2n) is 10.1. The molecule has 228 valence electrons. The molecule has 2 amide bonds. The van der Waals surface area contributed by atoms with Crippen LogP contribution < -0.4 is 15.6 Å². The quantitative estimate of drug-likeness (QED) is 0.282. The van der Waals surface area contributed by atoms with Gasteiger partial charge in [-0.1, -0.05) is 23.7 Å². The Balaban J connectivity index is 1.55. The van der Waals surface area contributed by atoms with E-state index in [-0.39, 0.29) is 48.3 Å². The van der Waals surface area contributed by atoms with Crippen molar-refractivity contribution < 1.29 is 31.9 Å². The van der Waals surface area contributed by atoms with Crippen molar-refractivity contribution in [2.24, 2.45) is 0 Å². The number of halogens is 5. The molecule has 0 saturated carbocycles. The predicted molar refractivity (Wildman–Crippen MR) is 153 cm³/mol. The largest absolute Gasteiger partial charge is 0.483 e. The minimum atomic E-state index is -4.76. The van der Waals surface area contributed by atoms with Crippen molar-refractivity contribution >= 4 is 23.4 Å². The van der Waals surface area contributed by atoms with Crippen molar-refractivity contribution in [1.29, 1.82) is 0 Å². The fourth-order valence-electron chi connectivity index (χ4n) is 4.99. The number of aromatic nitrogens is 2. The number of benzene rings is 3. The Hall–Kier alpha value is -4.71. The summed E-state index contributed by atoms with van der Waals surface area (Å²) in [7, 11) is 1.49. The molecule has 1 aromatic heterocycles. The van der Waals surface area contributed by atoms with Crippen LogP contribution >= 0.6 is 11.6 Å². The summed E-state index contributed by atoms with van der Waals surface area (Å²) < 4.78 is 61.7. The van der Waals surface area contributed by atoms with Crippen molar-refractivity contribution in [3.63, 3.8) is 0 Å². The Labute approximate surface area is 253 Å². The van der Waals surface area contributed by atoms with E-state index >= 15 is 0 Å². The third-order valence-electron chi connectivity index (χ3n) is 7.27. The highest BCUT2D eigenvalue weighted by Gasteiger charge is 2.36. The number of ether oxygens (including phenoxy) is 1. The van der Waals surface area contributed by atoms with Crippen LogP contribution in [-0.2, 0) is 25.7 Å². The van der Waals surface area contributed by atoms with Gasteiger partial charge in [-0.3, -0.25) is 19.0 Å².